The number of nitrogens with one attached hydrogen (secondary N) is 1. The van der Waals surface area contributed by atoms with E-state index in [1.54, 1.807) is 66.7 Å². The highest BCUT2D eigenvalue weighted by atomic mass is 35.5. The topological polar surface area (TPSA) is 59.3 Å². The van der Waals surface area contributed by atoms with E-state index in [1.807, 2.05) is 6.07 Å². The van der Waals surface area contributed by atoms with Crippen molar-refractivity contribution in [1.29, 1.82) is 0 Å². The summed E-state index contributed by atoms with van der Waals surface area (Å²) >= 11 is 18.1. The van der Waals surface area contributed by atoms with Gasteiger partial charge in [-0.2, -0.15) is 0 Å². The van der Waals surface area contributed by atoms with Crippen molar-refractivity contribution in [3.8, 4) is 11.3 Å². The Morgan fingerprint density at radius 2 is 1.55 bits per heavy atom. The summed E-state index contributed by atoms with van der Waals surface area (Å²) in [5.41, 5.74) is 1.78. The first-order valence-electron chi connectivity index (χ1n) is 9.18. The maximum Gasteiger partial charge on any atom is 0.291 e. The lowest BCUT2D eigenvalue weighted by Gasteiger charge is -2.10. The molecular weight excluding hydrogens is 457 g/mol. The molecule has 1 N–H and O–H groups in total. The third-order valence-corrected chi connectivity index (χ3v) is 5.52. The Balaban J connectivity index is 1.60. The lowest BCUT2D eigenvalue weighted by Crippen LogP contribution is -2.14. The van der Waals surface area contributed by atoms with Gasteiger partial charge in [-0.1, -0.05) is 65.1 Å². The van der Waals surface area contributed by atoms with Gasteiger partial charge < -0.3 is 9.73 Å². The van der Waals surface area contributed by atoms with E-state index in [0.29, 0.717) is 37.6 Å². The van der Waals surface area contributed by atoms with Crippen molar-refractivity contribution in [3.63, 3.8) is 0 Å². The molecule has 4 nitrogen and oxygen atoms in total. The second-order valence-electron chi connectivity index (χ2n) is 6.63. The third kappa shape index (κ3) is 4.67. The quantitative estimate of drug-likeness (QED) is 0.309. The van der Waals surface area contributed by atoms with Crippen molar-refractivity contribution in [2.24, 2.45) is 0 Å². The molecule has 4 aromatic rings. The van der Waals surface area contributed by atoms with Crippen LogP contribution in [0.2, 0.25) is 15.1 Å². The molecule has 0 aliphatic carbocycles. The number of amides is 1. The molecular formula is C24H14Cl3NO3. The predicted molar refractivity (Wildman–Crippen MR) is 123 cm³/mol. The van der Waals surface area contributed by atoms with Gasteiger partial charge in [0.15, 0.2) is 11.5 Å². The summed E-state index contributed by atoms with van der Waals surface area (Å²) in [6, 6.07) is 21.7. The Hall–Kier alpha value is -3.05. The van der Waals surface area contributed by atoms with Crippen molar-refractivity contribution >= 4 is 52.2 Å². The van der Waals surface area contributed by atoms with Gasteiger partial charge in [0.1, 0.15) is 5.76 Å². The van der Waals surface area contributed by atoms with Gasteiger partial charge >= 0.3 is 0 Å². The molecule has 0 bridgehead atoms. The molecule has 1 heterocycles. The van der Waals surface area contributed by atoms with E-state index in [4.69, 9.17) is 39.2 Å². The minimum atomic E-state index is -0.504. The Labute approximate surface area is 193 Å². The molecule has 0 saturated carbocycles. The van der Waals surface area contributed by atoms with E-state index in [2.05, 4.69) is 5.32 Å². The highest BCUT2D eigenvalue weighted by Crippen LogP contribution is 2.30. The Morgan fingerprint density at radius 1 is 0.774 bits per heavy atom. The molecule has 0 saturated heterocycles. The van der Waals surface area contributed by atoms with Crippen LogP contribution in [0.5, 0.6) is 0 Å². The highest BCUT2D eigenvalue weighted by Gasteiger charge is 2.19. The first kappa shape index (κ1) is 21.2. The lowest BCUT2D eigenvalue weighted by molar-refractivity contribution is 0.0997. The number of halogens is 3. The van der Waals surface area contributed by atoms with Crippen LogP contribution in [0.25, 0.3) is 11.3 Å². The van der Waals surface area contributed by atoms with E-state index in [-0.39, 0.29) is 17.1 Å². The molecule has 1 amide bonds. The van der Waals surface area contributed by atoms with Crippen LogP contribution in [0.3, 0.4) is 0 Å². The Bertz CT molecular complexity index is 1280. The van der Waals surface area contributed by atoms with Gasteiger partial charge in [0.05, 0.1) is 15.7 Å². The van der Waals surface area contributed by atoms with Gasteiger partial charge in [0.25, 0.3) is 5.91 Å². The summed E-state index contributed by atoms with van der Waals surface area (Å²) in [7, 11) is 0. The van der Waals surface area contributed by atoms with E-state index in [9.17, 15) is 9.59 Å². The largest absolute Gasteiger partial charge is 0.451 e. The van der Waals surface area contributed by atoms with Crippen molar-refractivity contribution in [2.45, 2.75) is 0 Å². The fraction of sp³-hybridized carbons (Fsp3) is 0. The maximum absolute atomic E-state index is 12.9. The maximum atomic E-state index is 12.9. The average Bonchev–Trinajstić information content (AvgIpc) is 3.27. The molecule has 0 aliphatic rings. The summed E-state index contributed by atoms with van der Waals surface area (Å²) < 4.78 is 5.68. The van der Waals surface area contributed by atoms with Gasteiger partial charge in [-0.15, -0.1) is 0 Å². The molecule has 7 heteroatoms. The number of rotatable bonds is 5. The van der Waals surface area contributed by atoms with Crippen molar-refractivity contribution < 1.29 is 14.0 Å². The average molecular weight is 471 g/mol. The fourth-order valence-corrected chi connectivity index (χ4v) is 3.48. The molecule has 31 heavy (non-hydrogen) atoms. The fourth-order valence-electron chi connectivity index (χ4n) is 3.01. The first-order valence-corrected chi connectivity index (χ1v) is 10.3. The van der Waals surface area contributed by atoms with Crippen LogP contribution in [0.15, 0.2) is 83.3 Å². The first-order chi connectivity index (χ1) is 14.9. The predicted octanol–water partition coefficient (Wildman–Crippen LogP) is 7.39. The van der Waals surface area contributed by atoms with Gasteiger partial charge in [-0.05, 0) is 48.5 Å². The van der Waals surface area contributed by atoms with Crippen LogP contribution in [-0.2, 0) is 0 Å². The third-order valence-electron chi connectivity index (χ3n) is 4.54. The summed E-state index contributed by atoms with van der Waals surface area (Å²) in [6.45, 7) is 0. The molecule has 0 fully saturated rings. The van der Waals surface area contributed by atoms with Crippen LogP contribution in [0, 0.1) is 0 Å². The van der Waals surface area contributed by atoms with Crippen LogP contribution >= 0.6 is 34.8 Å². The van der Waals surface area contributed by atoms with E-state index in [1.165, 1.54) is 6.07 Å². The van der Waals surface area contributed by atoms with E-state index in [0.717, 1.165) is 0 Å². The number of furan rings is 1. The second kappa shape index (κ2) is 8.98. The van der Waals surface area contributed by atoms with Crippen LogP contribution in [-0.4, -0.2) is 11.7 Å². The minimum absolute atomic E-state index is 0.0779. The Morgan fingerprint density at radius 3 is 2.29 bits per heavy atom. The monoisotopic (exact) mass is 469 g/mol. The number of carbonyl (C=O) groups excluding carboxylic acids is 2. The van der Waals surface area contributed by atoms with Crippen molar-refractivity contribution in [2.75, 3.05) is 5.32 Å². The van der Waals surface area contributed by atoms with Crippen LogP contribution < -0.4 is 5.32 Å². The smallest absolute Gasteiger partial charge is 0.291 e. The van der Waals surface area contributed by atoms with Gasteiger partial charge in [-0.25, -0.2) is 0 Å². The minimum Gasteiger partial charge on any atom is -0.451 e. The molecule has 0 radical (unpaired) electrons. The molecule has 0 spiro atoms. The number of anilines is 1. The number of hydrogen-bond acceptors (Lipinski definition) is 3. The van der Waals surface area contributed by atoms with Crippen LogP contribution in [0.4, 0.5) is 5.69 Å². The van der Waals surface area contributed by atoms with Crippen molar-refractivity contribution in [3.05, 3.63) is 111 Å². The summed E-state index contributed by atoms with van der Waals surface area (Å²) in [5, 5.41) is 3.92. The number of benzene rings is 3. The molecule has 4 rings (SSSR count). The normalized spacial score (nSPS) is 10.7. The van der Waals surface area contributed by atoms with Gasteiger partial charge in [-0.3, -0.25) is 9.59 Å². The van der Waals surface area contributed by atoms with Crippen molar-refractivity contribution in [1.82, 2.24) is 0 Å². The number of ketones is 1. The second-order valence-corrected chi connectivity index (χ2v) is 7.88. The lowest BCUT2D eigenvalue weighted by atomic mass is 10.0. The molecule has 1 aromatic heterocycles. The molecule has 0 unspecified atom stereocenters. The SMILES string of the molecule is O=C(Nc1ccc(Cl)cc1C(=O)c1ccccc1)c1ccc(-c2ccc(Cl)c(Cl)c2)o1. The number of hydrogen-bond donors (Lipinski definition) is 1. The zero-order valence-corrected chi connectivity index (χ0v) is 18.1. The van der Waals surface area contributed by atoms with Gasteiger partial charge in [0.2, 0.25) is 0 Å². The molecule has 3 aromatic carbocycles. The summed E-state index contributed by atoms with van der Waals surface area (Å²) in [6.07, 6.45) is 0. The zero-order chi connectivity index (χ0) is 22.0. The Kier molecular flexibility index (Phi) is 6.14. The standard InChI is InChI=1S/C24H14Cl3NO3/c25-16-7-9-20(17(13-16)23(29)14-4-2-1-3-5-14)28-24(30)22-11-10-21(31-22)15-6-8-18(26)19(27)12-15/h1-13H,(H,28,30). The summed E-state index contributed by atoms with van der Waals surface area (Å²) in [4.78, 5) is 25.7. The highest BCUT2D eigenvalue weighted by molar-refractivity contribution is 6.42. The summed E-state index contributed by atoms with van der Waals surface area (Å²) in [5.74, 6) is -0.223. The van der Waals surface area contributed by atoms with E-state index < -0.39 is 5.91 Å². The molecule has 154 valence electrons. The van der Waals surface area contributed by atoms with Crippen LogP contribution in [0.1, 0.15) is 26.5 Å². The number of carbonyl (C=O) groups is 2. The van der Waals surface area contributed by atoms with Gasteiger partial charge in [0, 0.05) is 21.7 Å². The molecule has 0 aliphatic heterocycles. The molecule has 0 atom stereocenters. The van der Waals surface area contributed by atoms with E-state index >= 15 is 0 Å². The zero-order valence-electron chi connectivity index (χ0n) is 15.9.